The van der Waals surface area contributed by atoms with E-state index < -0.39 is 0 Å². The Bertz CT molecular complexity index is 332. The molecule has 0 aliphatic carbocycles. The number of hydrogen-bond acceptors (Lipinski definition) is 1. The number of nitrogens with one attached hydrogen (secondary N) is 1. The van der Waals surface area contributed by atoms with Crippen molar-refractivity contribution in [3.05, 3.63) is 47.3 Å². The molecule has 16 heavy (non-hydrogen) atoms. The quantitative estimate of drug-likeness (QED) is 0.584. The van der Waals surface area contributed by atoms with E-state index in [1.165, 1.54) is 6.07 Å². The number of rotatable bonds is 6. The minimum absolute atomic E-state index is 0.0337. The molecule has 0 heterocycles. The van der Waals surface area contributed by atoms with Crippen LogP contribution in [-0.4, -0.2) is 7.05 Å². The summed E-state index contributed by atoms with van der Waals surface area (Å²) in [6, 6.07) is 4.75. The molecule has 0 aliphatic heterocycles. The van der Waals surface area contributed by atoms with E-state index in [4.69, 9.17) is 11.6 Å². The van der Waals surface area contributed by atoms with Crippen molar-refractivity contribution >= 4 is 11.6 Å². The predicted octanol–water partition coefficient (Wildman–Crippen LogP) is 4.10. The zero-order valence-electron chi connectivity index (χ0n) is 9.47. The maximum absolute atomic E-state index is 13.7. The van der Waals surface area contributed by atoms with E-state index in [0.29, 0.717) is 10.6 Å². The van der Waals surface area contributed by atoms with Crippen molar-refractivity contribution in [2.45, 2.75) is 25.3 Å². The second-order valence-corrected chi connectivity index (χ2v) is 4.10. The summed E-state index contributed by atoms with van der Waals surface area (Å²) in [5, 5.41) is 3.58. The Morgan fingerprint density at radius 3 is 2.88 bits per heavy atom. The first-order chi connectivity index (χ1) is 7.70. The molecule has 1 N–H and O–H groups in total. The Kier molecular flexibility index (Phi) is 5.50. The highest BCUT2D eigenvalue weighted by atomic mass is 35.5. The lowest BCUT2D eigenvalue weighted by Crippen LogP contribution is -2.18. The molecule has 88 valence electrons. The van der Waals surface area contributed by atoms with E-state index in [1.54, 1.807) is 12.1 Å². The average Bonchev–Trinajstić information content (AvgIpc) is 2.26. The molecule has 0 saturated carbocycles. The van der Waals surface area contributed by atoms with Gasteiger partial charge in [0, 0.05) is 16.6 Å². The molecule has 1 unspecified atom stereocenters. The van der Waals surface area contributed by atoms with Gasteiger partial charge in [-0.3, -0.25) is 0 Å². The molecule has 0 fully saturated rings. The van der Waals surface area contributed by atoms with E-state index >= 15 is 0 Å². The smallest absolute Gasteiger partial charge is 0.129 e. The Balaban J connectivity index is 2.81. The molecule has 1 rings (SSSR count). The third kappa shape index (κ3) is 3.32. The van der Waals surface area contributed by atoms with Crippen LogP contribution in [0.15, 0.2) is 30.9 Å². The van der Waals surface area contributed by atoms with Crippen LogP contribution in [0.3, 0.4) is 0 Å². The molecule has 1 aromatic carbocycles. The van der Waals surface area contributed by atoms with Crippen molar-refractivity contribution in [3.8, 4) is 0 Å². The second kappa shape index (κ2) is 6.66. The van der Waals surface area contributed by atoms with Gasteiger partial charge in [-0.15, -0.1) is 6.58 Å². The fourth-order valence-corrected chi connectivity index (χ4v) is 2.04. The van der Waals surface area contributed by atoms with E-state index in [0.717, 1.165) is 19.3 Å². The summed E-state index contributed by atoms with van der Waals surface area (Å²) in [6.07, 6.45) is 4.63. The normalized spacial score (nSPS) is 12.4. The highest BCUT2D eigenvalue weighted by molar-refractivity contribution is 6.31. The third-order valence-corrected chi connectivity index (χ3v) is 2.93. The topological polar surface area (TPSA) is 12.0 Å². The van der Waals surface area contributed by atoms with Gasteiger partial charge in [-0.1, -0.05) is 23.7 Å². The molecule has 0 bridgehead atoms. The van der Waals surface area contributed by atoms with Crippen molar-refractivity contribution in [2.24, 2.45) is 0 Å². The number of unbranched alkanes of at least 4 members (excludes halogenated alkanes) is 1. The Morgan fingerprint density at radius 2 is 2.31 bits per heavy atom. The molecular formula is C13H17ClFN. The SMILES string of the molecule is C=CCCCC(NC)c1c(F)cccc1Cl. The summed E-state index contributed by atoms with van der Waals surface area (Å²) in [6.45, 7) is 3.67. The van der Waals surface area contributed by atoms with Gasteiger partial charge in [0.1, 0.15) is 5.82 Å². The van der Waals surface area contributed by atoms with Gasteiger partial charge in [-0.2, -0.15) is 0 Å². The minimum atomic E-state index is -0.245. The van der Waals surface area contributed by atoms with E-state index in [9.17, 15) is 4.39 Å². The summed E-state index contributed by atoms with van der Waals surface area (Å²) in [5.41, 5.74) is 0.565. The van der Waals surface area contributed by atoms with Crippen LogP contribution in [0.25, 0.3) is 0 Å². The Morgan fingerprint density at radius 1 is 1.56 bits per heavy atom. The molecule has 1 atom stereocenters. The molecule has 3 heteroatoms. The van der Waals surface area contributed by atoms with E-state index in [-0.39, 0.29) is 11.9 Å². The molecule has 1 aromatic rings. The first-order valence-corrected chi connectivity index (χ1v) is 5.80. The van der Waals surface area contributed by atoms with Crippen LogP contribution in [0.1, 0.15) is 30.9 Å². The number of halogens is 2. The lowest BCUT2D eigenvalue weighted by molar-refractivity contribution is 0.497. The lowest BCUT2D eigenvalue weighted by atomic mass is 10.0. The van der Waals surface area contributed by atoms with Crippen LogP contribution < -0.4 is 5.32 Å². The highest BCUT2D eigenvalue weighted by Crippen LogP contribution is 2.28. The fraction of sp³-hybridized carbons (Fsp3) is 0.385. The summed E-state index contributed by atoms with van der Waals surface area (Å²) >= 11 is 6.02. The standard InChI is InChI=1S/C13H17ClFN/c1-3-4-5-9-12(16-2)13-10(14)7-6-8-11(13)15/h3,6-8,12,16H,1,4-5,9H2,2H3. The summed E-state index contributed by atoms with van der Waals surface area (Å²) < 4.78 is 13.7. The van der Waals surface area contributed by atoms with Crippen molar-refractivity contribution in [3.63, 3.8) is 0 Å². The monoisotopic (exact) mass is 241 g/mol. The van der Waals surface area contributed by atoms with Crippen LogP contribution in [0.2, 0.25) is 5.02 Å². The Hall–Kier alpha value is -0.860. The number of allylic oxidation sites excluding steroid dienone is 1. The van der Waals surface area contributed by atoms with Gasteiger partial charge in [-0.05, 0) is 38.4 Å². The Labute approximate surface area is 101 Å². The van der Waals surface area contributed by atoms with Crippen LogP contribution in [0.5, 0.6) is 0 Å². The van der Waals surface area contributed by atoms with E-state index in [1.807, 2.05) is 13.1 Å². The molecule has 0 spiro atoms. The summed E-state index contributed by atoms with van der Waals surface area (Å²) in [5.74, 6) is -0.245. The molecule has 0 amide bonds. The van der Waals surface area contributed by atoms with Crippen LogP contribution >= 0.6 is 11.6 Å². The second-order valence-electron chi connectivity index (χ2n) is 3.70. The molecule has 1 nitrogen and oxygen atoms in total. The van der Waals surface area contributed by atoms with Crippen LogP contribution in [0.4, 0.5) is 4.39 Å². The minimum Gasteiger partial charge on any atom is -0.313 e. The molecule has 0 aromatic heterocycles. The maximum Gasteiger partial charge on any atom is 0.129 e. The van der Waals surface area contributed by atoms with Crippen LogP contribution in [-0.2, 0) is 0 Å². The van der Waals surface area contributed by atoms with Gasteiger partial charge in [0.2, 0.25) is 0 Å². The first-order valence-electron chi connectivity index (χ1n) is 5.42. The van der Waals surface area contributed by atoms with Crippen LogP contribution in [0, 0.1) is 5.82 Å². The van der Waals surface area contributed by atoms with Gasteiger partial charge in [0.25, 0.3) is 0 Å². The maximum atomic E-state index is 13.7. The zero-order chi connectivity index (χ0) is 12.0. The average molecular weight is 242 g/mol. The third-order valence-electron chi connectivity index (χ3n) is 2.60. The van der Waals surface area contributed by atoms with Crippen molar-refractivity contribution in [1.29, 1.82) is 0 Å². The predicted molar refractivity (Wildman–Crippen MR) is 67.3 cm³/mol. The zero-order valence-corrected chi connectivity index (χ0v) is 10.2. The first kappa shape index (κ1) is 13.2. The van der Waals surface area contributed by atoms with Gasteiger partial charge in [-0.25, -0.2) is 4.39 Å². The molecule has 0 saturated heterocycles. The number of benzene rings is 1. The van der Waals surface area contributed by atoms with Gasteiger partial charge in [0.15, 0.2) is 0 Å². The lowest BCUT2D eigenvalue weighted by Gasteiger charge is -2.18. The molecule has 0 aliphatic rings. The summed E-state index contributed by atoms with van der Waals surface area (Å²) in [4.78, 5) is 0. The van der Waals surface area contributed by atoms with Crippen molar-refractivity contribution in [2.75, 3.05) is 7.05 Å². The van der Waals surface area contributed by atoms with Crippen molar-refractivity contribution in [1.82, 2.24) is 5.32 Å². The highest BCUT2D eigenvalue weighted by Gasteiger charge is 2.16. The largest absolute Gasteiger partial charge is 0.313 e. The summed E-state index contributed by atoms with van der Waals surface area (Å²) in [7, 11) is 1.82. The fourth-order valence-electron chi connectivity index (χ4n) is 1.74. The molecular weight excluding hydrogens is 225 g/mol. The van der Waals surface area contributed by atoms with Gasteiger partial charge >= 0.3 is 0 Å². The van der Waals surface area contributed by atoms with Gasteiger partial charge < -0.3 is 5.32 Å². The van der Waals surface area contributed by atoms with E-state index in [2.05, 4.69) is 11.9 Å². The molecule has 0 radical (unpaired) electrons. The number of hydrogen-bond donors (Lipinski definition) is 1. The van der Waals surface area contributed by atoms with Gasteiger partial charge in [0.05, 0.1) is 0 Å². The van der Waals surface area contributed by atoms with Crippen molar-refractivity contribution < 1.29 is 4.39 Å².